The Bertz CT molecular complexity index is 556. The van der Waals surface area contributed by atoms with Crippen molar-refractivity contribution in [3.8, 4) is 0 Å². The van der Waals surface area contributed by atoms with Gasteiger partial charge in [-0.3, -0.25) is 0 Å². The maximum atomic E-state index is 12.3. The zero-order valence-corrected chi connectivity index (χ0v) is 13.1. The Morgan fingerprint density at radius 2 is 2.00 bits per heavy atom. The van der Waals surface area contributed by atoms with Crippen LogP contribution in [-0.2, 0) is 9.84 Å². The summed E-state index contributed by atoms with van der Waals surface area (Å²) in [6.07, 6.45) is 1.44. The fourth-order valence-electron chi connectivity index (χ4n) is 2.08. The number of rotatable bonds is 3. The molecule has 1 saturated heterocycles. The molecule has 114 valence electrons. The van der Waals surface area contributed by atoms with Gasteiger partial charge < -0.3 is 10.4 Å². The van der Waals surface area contributed by atoms with Gasteiger partial charge in [0.1, 0.15) is 0 Å². The molecule has 2 N–H and O–H groups in total. The van der Waals surface area contributed by atoms with Crippen LogP contribution in [0, 0.1) is 0 Å². The van der Waals surface area contributed by atoms with Gasteiger partial charge in [0.2, 0.25) is 0 Å². The van der Waals surface area contributed by atoms with E-state index in [9.17, 15) is 13.2 Å². The molecule has 1 unspecified atom stereocenters. The Hall–Kier alpha value is -0.820. The van der Waals surface area contributed by atoms with Crippen LogP contribution in [0.5, 0.6) is 0 Å². The highest BCUT2D eigenvalue weighted by molar-refractivity contribution is 7.92. The van der Waals surface area contributed by atoms with E-state index in [1.165, 1.54) is 24.3 Å². The van der Waals surface area contributed by atoms with Crippen molar-refractivity contribution >= 4 is 40.6 Å². The average Bonchev–Trinajstić information content (AvgIpc) is 2.40. The lowest BCUT2D eigenvalue weighted by atomic mass is 10.2. The molecule has 1 aliphatic heterocycles. The van der Waals surface area contributed by atoms with Crippen molar-refractivity contribution < 1.29 is 18.3 Å². The summed E-state index contributed by atoms with van der Waals surface area (Å²) in [4.78, 5) is 10.9. The van der Waals surface area contributed by atoms with Crippen molar-refractivity contribution in [2.24, 2.45) is 0 Å². The van der Waals surface area contributed by atoms with Crippen molar-refractivity contribution in [1.82, 2.24) is 5.32 Å². The number of carbonyl (C=O) groups is 1. The van der Waals surface area contributed by atoms with Gasteiger partial charge in [-0.25, -0.2) is 13.2 Å². The summed E-state index contributed by atoms with van der Waals surface area (Å²) in [5.41, 5.74) is -0.000145. The summed E-state index contributed by atoms with van der Waals surface area (Å²) < 4.78 is 24.7. The summed E-state index contributed by atoms with van der Waals surface area (Å²) in [7, 11) is -3.44. The quantitative estimate of drug-likeness (QED) is 0.874. The molecule has 1 atom stereocenters. The number of carboxylic acid groups (broad SMARTS) is 1. The molecule has 0 bridgehead atoms. The molecule has 8 heteroatoms. The number of carboxylic acids is 1. The van der Waals surface area contributed by atoms with E-state index < -0.39 is 21.1 Å². The highest BCUT2D eigenvalue weighted by Gasteiger charge is 2.29. The second-order valence-electron chi connectivity index (χ2n) is 4.35. The maximum absolute atomic E-state index is 12.3. The van der Waals surface area contributed by atoms with E-state index in [0.717, 1.165) is 13.0 Å². The summed E-state index contributed by atoms with van der Waals surface area (Å²) in [5.74, 6) is -1.12. The molecule has 1 aromatic carbocycles. The predicted molar refractivity (Wildman–Crippen MR) is 81.0 cm³/mol. The van der Waals surface area contributed by atoms with Gasteiger partial charge in [-0.1, -0.05) is 6.07 Å². The largest absolute Gasteiger partial charge is 0.478 e. The molecule has 0 aromatic heterocycles. The summed E-state index contributed by atoms with van der Waals surface area (Å²) in [5, 5.41) is 11.5. The van der Waals surface area contributed by atoms with E-state index in [4.69, 9.17) is 5.11 Å². The van der Waals surface area contributed by atoms with Crippen LogP contribution in [0.25, 0.3) is 0 Å². The van der Waals surface area contributed by atoms with Crippen LogP contribution in [0.4, 0.5) is 0 Å². The summed E-state index contributed by atoms with van der Waals surface area (Å²) in [6.45, 7) is 1.26. The second-order valence-corrected chi connectivity index (χ2v) is 6.57. The van der Waals surface area contributed by atoms with Crippen LogP contribution in [0.1, 0.15) is 23.2 Å². The lowest BCUT2D eigenvalue weighted by Crippen LogP contribution is -2.38. The number of aromatic carboxylic acids is 1. The van der Waals surface area contributed by atoms with Gasteiger partial charge >= 0.3 is 5.97 Å². The van der Waals surface area contributed by atoms with Gasteiger partial charge in [0, 0.05) is 6.54 Å². The Morgan fingerprint density at radius 3 is 2.55 bits per heavy atom. The smallest absolute Gasteiger partial charge is 0.335 e. The number of nitrogens with one attached hydrogen (secondary N) is 1. The first kappa shape index (κ1) is 19.2. The highest BCUT2D eigenvalue weighted by atomic mass is 35.5. The minimum Gasteiger partial charge on any atom is -0.478 e. The monoisotopic (exact) mass is 341 g/mol. The summed E-state index contributed by atoms with van der Waals surface area (Å²) in [6, 6.07) is 5.54. The minimum atomic E-state index is -3.44. The van der Waals surface area contributed by atoms with E-state index in [2.05, 4.69) is 5.32 Å². The third-order valence-corrected chi connectivity index (χ3v) is 5.29. The molecule has 0 spiro atoms. The fourth-order valence-corrected chi connectivity index (χ4v) is 3.84. The first-order chi connectivity index (χ1) is 8.51. The Kier molecular flexibility index (Phi) is 7.51. The van der Waals surface area contributed by atoms with Crippen molar-refractivity contribution in [3.63, 3.8) is 0 Å². The predicted octanol–water partition coefficient (Wildman–Crippen LogP) is 1.75. The van der Waals surface area contributed by atoms with Gasteiger partial charge in [0.05, 0.1) is 15.7 Å². The normalized spacial score (nSPS) is 18.5. The maximum Gasteiger partial charge on any atom is 0.335 e. The van der Waals surface area contributed by atoms with E-state index in [-0.39, 0.29) is 35.3 Å². The SMILES string of the molecule is Cl.Cl.O=C(O)c1cccc(S(=O)(=O)C2CCCNC2)c1. The first-order valence-electron chi connectivity index (χ1n) is 5.80. The molecule has 0 radical (unpaired) electrons. The number of sulfone groups is 1. The minimum absolute atomic E-state index is 0. The van der Waals surface area contributed by atoms with Crippen LogP contribution in [-0.4, -0.2) is 37.8 Å². The number of benzene rings is 1. The second kappa shape index (κ2) is 7.83. The van der Waals surface area contributed by atoms with Crippen LogP contribution < -0.4 is 5.32 Å². The van der Waals surface area contributed by atoms with Crippen molar-refractivity contribution in [2.75, 3.05) is 13.1 Å². The Balaban J connectivity index is 0.00000180. The van der Waals surface area contributed by atoms with Crippen LogP contribution in [0.2, 0.25) is 0 Å². The molecule has 0 amide bonds. The Morgan fingerprint density at radius 1 is 1.30 bits per heavy atom. The zero-order valence-electron chi connectivity index (χ0n) is 10.6. The topological polar surface area (TPSA) is 83.5 Å². The molecule has 2 rings (SSSR count). The lowest BCUT2D eigenvalue weighted by molar-refractivity contribution is 0.0696. The lowest BCUT2D eigenvalue weighted by Gasteiger charge is -2.22. The molecule has 1 aliphatic rings. The molecule has 20 heavy (non-hydrogen) atoms. The number of hydrogen-bond donors (Lipinski definition) is 2. The number of piperidine rings is 1. The molecular weight excluding hydrogens is 325 g/mol. The Labute approximate surface area is 130 Å². The van der Waals surface area contributed by atoms with E-state index in [1.54, 1.807) is 0 Å². The number of hydrogen-bond acceptors (Lipinski definition) is 4. The molecule has 1 heterocycles. The van der Waals surface area contributed by atoms with Gasteiger partial charge in [-0.2, -0.15) is 0 Å². The third kappa shape index (κ3) is 4.09. The third-order valence-electron chi connectivity index (χ3n) is 3.10. The van der Waals surface area contributed by atoms with Gasteiger partial charge in [0.25, 0.3) is 0 Å². The van der Waals surface area contributed by atoms with E-state index >= 15 is 0 Å². The van der Waals surface area contributed by atoms with Gasteiger partial charge in [0.15, 0.2) is 9.84 Å². The molecule has 5 nitrogen and oxygen atoms in total. The van der Waals surface area contributed by atoms with Crippen molar-refractivity contribution in [2.45, 2.75) is 23.0 Å². The van der Waals surface area contributed by atoms with Crippen LogP contribution in [0.15, 0.2) is 29.2 Å². The van der Waals surface area contributed by atoms with E-state index in [1.807, 2.05) is 0 Å². The van der Waals surface area contributed by atoms with Gasteiger partial charge in [-0.05, 0) is 37.6 Å². The van der Waals surface area contributed by atoms with Crippen LogP contribution >= 0.6 is 24.8 Å². The van der Waals surface area contributed by atoms with E-state index in [0.29, 0.717) is 13.0 Å². The molecule has 1 aromatic rings. The summed E-state index contributed by atoms with van der Waals surface area (Å²) >= 11 is 0. The molecule has 0 aliphatic carbocycles. The molecule has 1 fully saturated rings. The standard InChI is InChI=1S/C12H15NO4S.2ClH/c14-12(15)9-3-1-4-10(7-9)18(16,17)11-5-2-6-13-8-11;;/h1,3-4,7,11,13H,2,5-6,8H2,(H,14,15);2*1H. The molecule has 0 saturated carbocycles. The van der Waals surface area contributed by atoms with Gasteiger partial charge in [-0.15, -0.1) is 24.8 Å². The highest BCUT2D eigenvalue weighted by Crippen LogP contribution is 2.21. The first-order valence-corrected chi connectivity index (χ1v) is 7.34. The average molecular weight is 342 g/mol. The van der Waals surface area contributed by atoms with Crippen molar-refractivity contribution in [3.05, 3.63) is 29.8 Å². The number of halogens is 2. The zero-order chi connectivity index (χ0) is 13.2. The van der Waals surface area contributed by atoms with Crippen LogP contribution in [0.3, 0.4) is 0 Å². The molecular formula is C12H17Cl2NO4S. The van der Waals surface area contributed by atoms with Crippen molar-refractivity contribution in [1.29, 1.82) is 0 Å². The fraction of sp³-hybridized carbons (Fsp3) is 0.417.